The van der Waals surface area contributed by atoms with Crippen LogP contribution in [0, 0.1) is 0 Å². The van der Waals surface area contributed by atoms with E-state index in [1.54, 1.807) is 34.1 Å². The highest BCUT2D eigenvalue weighted by Crippen LogP contribution is 2.24. The molecule has 0 aliphatic carbocycles. The minimum Gasteiger partial charge on any atom is -0.473 e. The Morgan fingerprint density at radius 3 is 2.78 bits per heavy atom. The third kappa shape index (κ3) is 4.89. The third-order valence-electron chi connectivity index (χ3n) is 1.91. The first kappa shape index (κ1) is 14.7. The topological polar surface area (TPSA) is 86.5 Å². The maximum Gasteiger partial charge on any atom is 0.407 e. The van der Waals surface area contributed by atoms with E-state index >= 15 is 0 Å². The van der Waals surface area contributed by atoms with E-state index in [1.807, 2.05) is 0 Å². The van der Waals surface area contributed by atoms with Crippen molar-refractivity contribution < 1.29 is 14.3 Å². The Hall–Kier alpha value is -1.34. The number of carbonyl (C=O) groups is 1. The molecule has 1 aromatic rings. The molecular formula is C11H19N3O3S. The molecule has 1 heterocycles. The number of thiazole rings is 1. The van der Waals surface area contributed by atoms with Gasteiger partial charge in [-0.15, -0.1) is 0 Å². The smallest absolute Gasteiger partial charge is 0.407 e. The van der Waals surface area contributed by atoms with Gasteiger partial charge in [0.25, 0.3) is 5.19 Å². The molecule has 7 heteroatoms. The number of carbonyl (C=O) groups excluding carboxylic acids is 1. The summed E-state index contributed by atoms with van der Waals surface area (Å²) in [6.45, 7) is 5.71. The van der Waals surface area contributed by atoms with Crippen LogP contribution in [0.3, 0.4) is 0 Å². The zero-order chi connectivity index (χ0) is 13.8. The van der Waals surface area contributed by atoms with Gasteiger partial charge in [-0.2, -0.15) is 0 Å². The van der Waals surface area contributed by atoms with Crippen LogP contribution in [-0.2, 0) is 4.74 Å². The van der Waals surface area contributed by atoms with E-state index in [4.69, 9.17) is 15.2 Å². The molecule has 0 spiro atoms. The fourth-order valence-corrected chi connectivity index (χ4v) is 1.87. The predicted molar refractivity (Wildman–Crippen MR) is 69.8 cm³/mol. The van der Waals surface area contributed by atoms with Crippen LogP contribution in [0.25, 0.3) is 0 Å². The van der Waals surface area contributed by atoms with Crippen LogP contribution < -0.4 is 15.8 Å². The number of nitrogens with one attached hydrogen (secondary N) is 1. The number of rotatable bonds is 4. The van der Waals surface area contributed by atoms with Gasteiger partial charge in [0.15, 0.2) is 0 Å². The third-order valence-corrected chi connectivity index (χ3v) is 3.00. The van der Waals surface area contributed by atoms with Gasteiger partial charge in [-0.1, -0.05) is 11.3 Å². The van der Waals surface area contributed by atoms with Gasteiger partial charge in [0.1, 0.15) is 5.60 Å². The van der Waals surface area contributed by atoms with Crippen molar-refractivity contribution in [1.29, 1.82) is 0 Å². The van der Waals surface area contributed by atoms with Crippen molar-refractivity contribution >= 4 is 17.4 Å². The Balaban J connectivity index is 2.41. The van der Waals surface area contributed by atoms with Crippen LogP contribution in [0.4, 0.5) is 4.79 Å². The first-order valence-electron chi connectivity index (χ1n) is 5.54. The van der Waals surface area contributed by atoms with E-state index in [1.165, 1.54) is 11.3 Å². The van der Waals surface area contributed by atoms with Crippen molar-refractivity contribution in [3.63, 3.8) is 0 Å². The first-order chi connectivity index (χ1) is 8.31. The average Bonchev–Trinajstić information content (AvgIpc) is 2.72. The highest BCUT2D eigenvalue weighted by Gasteiger charge is 2.17. The predicted octanol–water partition coefficient (Wildman–Crippen LogP) is 1.68. The monoisotopic (exact) mass is 273 g/mol. The second kappa shape index (κ2) is 6.01. The number of amides is 1. The Labute approximate surface area is 110 Å². The quantitative estimate of drug-likeness (QED) is 0.871. The highest BCUT2D eigenvalue weighted by atomic mass is 32.1. The van der Waals surface area contributed by atoms with Crippen LogP contribution in [-0.4, -0.2) is 30.3 Å². The molecule has 0 aromatic carbocycles. The lowest BCUT2D eigenvalue weighted by Crippen LogP contribution is -2.36. The molecular weight excluding hydrogens is 254 g/mol. The molecule has 0 saturated carbocycles. The lowest BCUT2D eigenvalue weighted by Gasteiger charge is -2.20. The molecule has 1 amide bonds. The van der Waals surface area contributed by atoms with Gasteiger partial charge in [-0.3, -0.25) is 0 Å². The standard InChI is InChI=1S/C11H19N3O3S/c1-11(2,3)17-9(15)13-5-7(12)8-6-14-10(16-4)18-8/h6-7H,5,12H2,1-4H3,(H,13,15). The molecule has 0 fully saturated rings. The minimum absolute atomic E-state index is 0.292. The van der Waals surface area contributed by atoms with Gasteiger partial charge >= 0.3 is 6.09 Å². The molecule has 0 aliphatic heterocycles. The van der Waals surface area contributed by atoms with Crippen LogP contribution >= 0.6 is 11.3 Å². The highest BCUT2D eigenvalue weighted by molar-refractivity contribution is 7.13. The average molecular weight is 273 g/mol. The molecule has 0 saturated heterocycles. The van der Waals surface area contributed by atoms with Crippen LogP contribution in [0.15, 0.2) is 6.20 Å². The summed E-state index contributed by atoms with van der Waals surface area (Å²) >= 11 is 1.36. The minimum atomic E-state index is -0.512. The summed E-state index contributed by atoms with van der Waals surface area (Å²) in [6, 6.07) is -0.320. The summed E-state index contributed by atoms with van der Waals surface area (Å²) in [6.07, 6.45) is 1.17. The number of aromatic nitrogens is 1. The van der Waals surface area contributed by atoms with E-state index in [0.29, 0.717) is 11.7 Å². The second-order valence-electron chi connectivity index (χ2n) is 4.72. The van der Waals surface area contributed by atoms with Crippen molar-refractivity contribution in [3.05, 3.63) is 11.1 Å². The molecule has 102 valence electrons. The van der Waals surface area contributed by atoms with Crippen molar-refractivity contribution in [2.45, 2.75) is 32.4 Å². The molecule has 1 rings (SSSR count). The molecule has 0 bridgehead atoms. The number of nitrogens with zero attached hydrogens (tertiary/aromatic N) is 1. The summed E-state index contributed by atoms with van der Waals surface area (Å²) in [5.41, 5.74) is 5.41. The zero-order valence-electron chi connectivity index (χ0n) is 11.0. The Morgan fingerprint density at radius 2 is 2.28 bits per heavy atom. The summed E-state index contributed by atoms with van der Waals surface area (Å²) in [5, 5.41) is 3.17. The first-order valence-corrected chi connectivity index (χ1v) is 6.35. The van der Waals surface area contributed by atoms with Gasteiger partial charge in [-0.25, -0.2) is 9.78 Å². The maximum atomic E-state index is 11.4. The molecule has 6 nitrogen and oxygen atoms in total. The van der Waals surface area contributed by atoms with Crippen LogP contribution in [0.2, 0.25) is 0 Å². The molecule has 1 atom stereocenters. The zero-order valence-corrected chi connectivity index (χ0v) is 11.8. The van der Waals surface area contributed by atoms with Crippen molar-refractivity contribution in [2.24, 2.45) is 5.73 Å². The maximum absolute atomic E-state index is 11.4. The van der Waals surface area contributed by atoms with E-state index in [9.17, 15) is 4.79 Å². The van der Waals surface area contributed by atoms with Crippen molar-refractivity contribution in [1.82, 2.24) is 10.3 Å². The molecule has 1 aromatic heterocycles. The number of nitrogens with two attached hydrogens (primary N) is 1. The van der Waals surface area contributed by atoms with E-state index in [0.717, 1.165) is 4.88 Å². The fraction of sp³-hybridized carbons (Fsp3) is 0.636. The molecule has 0 radical (unpaired) electrons. The Kier molecular flexibility index (Phi) is 4.92. The number of alkyl carbamates (subject to hydrolysis) is 1. The summed E-state index contributed by atoms with van der Waals surface area (Å²) < 4.78 is 10.1. The van der Waals surface area contributed by atoms with E-state index in [-0.39, 0.29) is 6.04 Å². The number of ether oxygens (including phenoxy) is 2. The Bertz CT molecular complexity index is 400. The fourth-order valence-electron chi connectivity index (χ4n) is 1.14. The molecule has 3 N–H and O–H groups in total. The molecule has 1 unspecified atom stereocenters. The van der Waals surface area contributed by atoms with Crippen molar-refractivity contribution in [2.75, 3.05) is 13.7 Å². The van der Waals surface area contributed by atoms with E-state index < -0.39 is 11.7 Å². The second-order valence-corrected chi connectivity index (χ2v) is 5.75. The molecule has 0 aliphatic rings. The summed E-state index contributed by atoms with van der Waals surface area (Å²) in [5.74, 6) is 0. The van der Waals surface area contributed by atoms with Gasteiger partial charge in [0, 0.05) is 17.6 Å². The van der Waals surface area contributed by atoms with Gasteiger partial charge in [0.2, 0.25) is 0 Å². The lowest BCUT2D eigenvalue weighted by molar-refractivity contribution is 0.0524. The SMILES string of the molecule is COc1ncc(C(N)CNC(=O)OC(C)(C)C)s1. The van der Waals surface area contributed by atoms with Gasteiger partial charge in [-0.05, 0) is 20.8 Å². The van der Waals surface area contributed by atoms with Crippen LogP contribution in [0.5, 0.6) is 5.19 Å². The van der Waals surface area contributed by atoms with E-state index in [2.05, 4.69) is 10.3 Å². The largest absolute Gasteiger partial charge is 0.473 e. The molecule has 18 heavy (non-hydrogen) atoms. The lowest BCUT2D eigenvalue weighted by atomic mass is 10.2. The van der Waals surface area contributed by atoms with Crippen molar-refractivity contribution in [3.8, 4) is 5.19 Å². The Morgan fingerprint density at radius 1 is 1.61 bits per heavy atom. The number of hydrogen-bond donors (Lipinski definition) is 2. The van der Waals surface area contributed by atoms with Gasteiger partial charge < -0.3 is 20.5 Å². The summed E-state index contributed by atoms with van der Waals surface area (Å²) in [4.78, 5) is 16.3. The van der Waals surface area contributed by atoms with Crippen LogP contribution in [0.1, 0.15) is 31.7 Å². The number of hydrogen-bond acceptors (Lipinski definition) is 6. The summed E-state index contributed by atoms with van der Waals surface area (Å²) in [7, 11) is 1.55. The number of methoxy groups -OCH3 is 1. The van der Waals surface area contributed by atoms with Gasteiger partial charge in [0.05, 0.1) is 13.2 Å². The normalized spacial score (nSPS) is 12.9.